The third kappa shape index (κ3) is 3.16. The van der Waals surface area contributed by atoms with Gasteiger partial charge >= 0.3 is 5.97 Å². The summed E-state index contributed by atoms with van der Waals surface area (Å²) in [6, 6.07) is 0. The molecule has 2 aromatic rings. The van der Waals surface area contributed by atoms with Crippen molar-refractivity contribution in [3.8, 4) is 0 Å². The smallest absolute Gasteiger partial charge is 0.358 e. The van der Waals surface area contributed by atoms with Gasteiger partial charge in [-0.15, -0.1) is 5.10 Å². The van der Waals surface area contributed by atoms with Gasteiger partial charge < -0.3 is 5.11 Å². The summed E-state index contributed by atoms with van der Waals surface area (Å²) < 4.78 is 25.3. The molecule has 0 aromatic carbocycles. The van der Waals surface area contributed by atoms with Crippen molar-refractivity contribution in [1.29, 1.82) is 0 Å². The molecule has 0 radical (unpaired) electrons. The molecule has 0 aliphatic carbocycles. The van der Waals surface area contributed by atoms with Gasteiger partial charge in [-0.05, 0) is 0 Å². The average molecular weight is 285 g/mol. The van der Waals surface area contributed by atoms with Crippen LogP contribution in [0.25, 0.3) is 0 Å². The Morgan fingerprint density at radius 3 is 2.53 bits per heavy atom. The Hall–Kier alpha value is -2.23. The van der Waals surface area contributed by atoms with Gasteiger partial charge in [0.05, 0.1) is 25.5 Å². The van der Waals surface area contributed by atoms with Gasteiger partial charge in [-0.25, -0.2) is 17.9 Å². The van der Waals surface area contributed by atoms with Gasteiger partial charge in [-0.2, -0.15) is 5.10 Å². The van der Waals surface area contributed by atoms with E-state index in [1.807, 2.05) is 0 Å². The number of rotatable bonds is 5. The number of carboxylic acids is 1. The van der Waals surface area contributed by atoms with Crippen molar-refractivity contribution in [2.75, 3.05) is 6.26 Å². The van der Waals surface area contributed by atoms with Gasteiger partial charge in [0.15, 0.2) is 15.5 Å². The first-order valence-corrected chi connectivity index (χ1v) is 7.11. The minimum atomic E-state index is -3.27. The molecule has 9 nitrogen and oxygen atoms in total. The SMILES string of the molecule is CS(=O)(=O)c1cnn(CCn2cc(C(=O)O)nn2)c1. The highest BCUT2D eigenvalue weighted by molar-refractivity contribution is 7.90. The highest BCUT2D eigenvalue weighted by Crippen LogP contribution is 2.06. The Balaban J connectivity index is 2.02. The lowest BCUT2D eigenvalue weighted by atomic mass is 10.5. The van der Waals surface area contributed by atoms with Crippen molar-refractivity contribution in [2.45, 2.75) is 18.0 Å². The summed E-state index contributed by atoms with van der Waals surface area (Å²) in [5, 5.41) is 19.7. The van der Waals surface area contributed by atoms with Crippen molar-refractivity contribution < 1.29 is 18.3 Å². The standard InChI is InChI=1S/C9H11N5O4S/c1-19(17,18)7-4-10-13(5-7)2-3-14-6-8(9(15)16)11-12-14/h4-6H,2-3H2,1H3,(H,15,16). The minimum absolute atomic E-state index is 0.136. The van der Waals surface area contributed by atoms with Crippen LogP contribution in [-0.4, -0.2) is 50.5 Å². The maximum Gasteiger partial charge on any atom is 0.358 e. The molecule has 2 heterocycles. The Labute approximate surface area is 108 Å². The maximum atomic E-state index is 11.3. The van der Waals surface area contributed by atoms with Crippen LogP contribution in [0.4, 0.5) is 0 Å². The second-order valence-electron chi connectivity index (χ2n) is 3.88. The number of sulfone groups is 1. The molecule has 0 aliphatic rings. The zero-order valence-electron chi connectivity index (χ0n) is 9.96. The van der Waals surface area contributed by atoms with Crippen LogP contribution in [0.5, 0.6) is 0 Å². The van der Waals surface area contributed by atoms with E-state index in [1.54, 1.807) is 0 Å². The zero-order valence-corrected chi connectivity index (χ0v) is 10.8. The van der Waals surface area contributed by atoms with Crippen molar-refractivity contribution in [3.05, 3.63) is 24.3 Å². The van der Waals surface area contributed by atoms with Crippen molar-refractivity contribution in [3.63, 3.8) is 0 Å². The topological polar surface area (TPSA) is 120 Å². The molecular weight excluding hydrogens is 274 g/mol. The summed E-state index contributed by atoms with van der Waals surface area (Å²) in [5.41, 5.74) is -0.141. The molecule has 0 atom stereocenters. The lowest BCUT2D eigenvalue weighted by Crippen LogP contribution is -2.08. The van der Waals surface area contributed by atoms with Crippen LogP contribution in [-0.2, 0) is 22.9 Å². The van der Waals surface area contributed by atoms with E-state index in [1.165, 1.54) is 28.0 Å². The first kappa shape index (κ1) is 13.2. The van der Waals surface area contributed by atoms with E-state index in [0.29, 0.717) is 13.1 Å². The van der Waals surface area contributed by atoms with Gasteiger partial charge in [-0.1, -0.05) is 5.21 Å². The summed E-state index contributed by atoms with van der Waals surface area (Å²) in [7, 11) is -3.27. The quantitative estimate of drug-likeness (QED) is 0.769. The van der Waals surface area contributed by atoms with Gasteiger partial charge in [0.1, 0.15) is 4.90 Å². The predicted molar refractivity (Wildman–Crippen MR) is 62.3 cm³/mol. The molecule has 0 saturated carbocycles. The lowest BCUT2D eigenvalue weighted by Gasteiger charge is -2.00. The van der Waals surface area contributed by atoms with Gasteiger partial charge in [0.25, 0.3) is 0 Å². The summed E-state index contributed by atoms with van der Waals surface area (Å²) in [4.78, 5) is 10.7. The first-order valence-electron chi connectivity index (χ1n) is 5.22. The van der Waals surface area contributed by atoms with Crippen molar-refractivity contribution >= 4 is 15.8 Å². The van der Waals surface area contributed by atoms with E-state index in [4.69, 9.17) is 5.11 Å². The van der Waals surface area contributed by atoms with Crippen LogP contribution in [0.3, 0.4) is 0 Å². The van der Waals surface area contributed by atoms with Crippen LogP contribution in [0.15, 0.2) is 23.5 Å². The summed E-state index contributed by atoms with van der Waals surface area (Å²) in [6.45, 7) is 0.698. The second kappa shape index (κ2) is 4.80. The Bertz CT molecular complexity index is 702. The number of aromatic carboxylic acids is 1. The Morgan fingerprint density at radius 2 is 2.00 bits per heavy atom. The number of aryl methyl sites for hydroxylation is 2. The third-order valence-electron chi connectivity index (χ3n) is 2.35. The zero-order chi connectivity index (χ0) is 14.0. The number of carbonyl (C=O) groups is 1. The van der Waals surface area contributed by atoms with Crippen LogP contribution in [0, 0.1) is 0 Å². The molecule has 0 fully saturated rings. The van der Waals surface area contributed by atoms with Gasteiger partial charge in [0, 0.05) is 12.5 Å². The average Bonchev–Trinajstić information content (AvgIpc) is 2.95. The molecule has 10 heteroatoms. The molecule has 19 heavy (non-hydrogen) atoms. The summed E-state index contributed by atoms with van der Waals surface area (Å²) >= 11 is 0. The first-order chi connectivity index (χ1) is 8.86. The largest absolute Gasteiger partial charge is 0.476 e. The summed E-state index contributed by atoms with van der Waals surface area (Å²) in [5.74, 6) is -1.15. The fraction of sp³-hybridized carbons (Fsp3) is 0.333. The van der Waals surface area contributed by atoms with E-state index in [0.717, 1.165) is 6.26 Å². The Morgan fingerprint density at radius 1 is 1.32 bits per heavy atom. The molecule has 102 valence electrons. The molecule has 0 unspecified atom stereocenters. The number of nitrogens with zero attached hydrogens (tertiary/aromatic N) is 5. The number of hydrogen-bond acceptors (Lipinski definition) is 6. The highest BCUT2D eigenvalue weighted by atomic mass is 32.2. The Kier molecular flexibility index (Phi) is 3.34. The highest BCUT2D eigenvalue weighted by Gasteiger charge is 2.11. The number of aromatic nitrogens is 5. The van der Waals surface area contributed by atoms with E-state index in [-0.39, 0.29) is 10.6 Å². The van der Waals surface area contributed by atoms with Crippen LogP contribution in [0.1, 0.15) is 10.5 Å². The minimum Gasteiger partial charge on any atom is -0.476 e. The second-order valence-corrected chi connectivity index (χ2v) is 5.90. The molecule has 2 rings (SSSR count). The van der Waals surface area contributed by atoms with Crippen LogP contribution in [0.2, 0.25) is 0 Å². The summed E-state index contributed by atoms with van der Waals surface area (Å²) in [6.07, 6.45) is 5.07. The molecule has 0 bridgehead atoms. The fourth-order valence-corrected chi connectivity index (χ4v) is 1.92. The fourth-order valence-electron chi connectivity index (χ4n) is 1.37. The lowest BCUT2D eigenvalue weighted by molar-refractivity contribution is 0.0690. The molecule has 0 saturated heterocycles. The van der Waals surface area contributed by atoms with E-state index in [2.05, 4.69) is 15.4 Å². The van der Waals surface area contributed by atoms with Gasteiger partial charge in [0.2, 0.25) is 0 Å². The van der Waals surface area contributed by atoms with E-state index < -0.39 is 15.8 Å². The molecule has 1 N–H and O–H groups in total. The maximum absolute atomic E-state index is 11.3. The van der Waals surface area contributed by atoms with Crippen molar-refractivity contribution in [1.82, 2.24) is 24.8 Å². The molecule has 0 aliphatic heterocycles. The van der Waals surface area contributed by atoms with E-state index in [9.17, 15) is 13.2 Å². The van der Waals surface area contributed by atoms with E-state index >= 15 is 0 Å². The number of carboxylic acid groups (broad SMARTS) is 1. The van der Waals surface area contributed by atoms with Crippen LogP contribution >= 0.6 is 0 Å². The predicted octanol–water partition coefficient (Wildman–Crippen LogP) is -0.723. The monoisotopic (exact) mass is 285 g/mol. The normalized spacial score (nSPS) is 11.6. The molecule has 0 spiro atoms. The molecule has 2 aromatic heterocycles. The molecule has 0 amide bonds. The van der Waals surface area contributed by atoms with Gasteiger partial charge in [-0.3, -0.25) is 4.68 Å². The van der Waals surface area contributed by atoms with Crippen LogP contribution < -0.4 is 0 Å². The van der Waals surface area contributed by atoms with Crippen molar-refractivity contribution in [2.24, 2.45) is 0 Å². The molecular formula is C9H11N5O4S. The number of hydrogen-bond donors (Lipinski definition) is 1. The third-order valence-corrected chi connectivity index (χ3v) is 3.42.